The Kier molecular flexibility index (Phi) is 14.4. The molecular weight excluding hydrogens is 843 g/mol. The van der Waals surface area contributed by atoms with Crippen LogP contribution >= 0.6 is 0 Å². The monoisotopic (exact) mass is 898 g/mol. The molecule has 5 aromatic rings. The summed E-state index contributed by atoms with van der Waals surface area (Å²) in [4.78, 5) is 63.2. The average Bonchev–Trinajstić information content (AvgIpc) is 4.15. The molecule has 3 atom stereocenters. The molecule has 3 saturated heterocycles. The molecule has 3 unspecified atom stereocenters. The maximum absolute atomic E-state index is 13.7. The van der Waals surface area contributed by atoms with Crippen molar-refractivity contribution in [2.24, 2.45) is 5.92 Å². The number of morpholine rings is 1. The number of alkyl halides is 2. The van der Waals surface area contributed by atoms with E-state index < -0.39 is 24.0 Å². The summed E-state index contributed by atoms with van der Waals surface area (Å²) in [5.74, 6) is -0.561. The Hall–Kier alpha value is -6.28. The first kappa shape index (κ1) is 45.3. The van der Waals surface area contributed by atoms with Gasteiger partial charge in [0.25, 0.3) is 17.9 Å². The van der Waals surface area contributed by atoms with E-state index in [0.29, 0.717) is 24.5 Å². The lowest BCUT2D eigenvalue weighted by molar-refractivity contribution is -0.143. The van der Waals surface area contributed by atoms with Crippen molar-refractivity contribution in [2.75, 3.05) is 66.9 Å². The number of fused-ring (bicyclic) bond motifs is 3. The summed E-state index contributed by atoms with van der Waals surface area (Å²) < 4.78 is 42.3. The molecule has 346 valence electrons. The molecule has 4 aliphatic rings. The first-order valence-electron chi connectivity index (χ1n) is 22.5. The van der Waals surface area contributed by atoms with Crippen molar-refractivity contribution in [1.29, 1.82) is 0 Å². The maximum atomic E-state index is 13.7. The van der Waals surface area contributed by atoms with Crippen molar-refractivity contribution >= 4 is 46.3 Å². The van der Waals surface area contributed by atoms with Crippen LogP contribution in [0.2, 0.25) is 0 Å². The number of rotatable bonds is 14. The fraction of sp³-hybridized carbons (Fsp3) is 0.511. The number of nitrogens with one attached hydrogen (secondary N) is 3. The number of amides is 2. The highest BCUT2D eigenvalue weighted by Crippen LogP contribution is 2.34. The largest absolute Gasteiger partial charge is 0.465 e. The minimum Gasteiger partial charge on any atom is -0.465 e. The van der Waals surface area contributed by atoms with Crippen LogP contribution in [0.1, 0.15) is 92.4 Å². The molecule has 3 N–H and O–H groups in total. The molecule has 0 aromatic carbocycles. The van der Waals surface area contributed by atoms with Gasteiger partial charge in [-0.05, 0) is 82.8 Å². The van der Waals surface area contributed by atoms with Crippen LogP contribution in [0.3, 0.4) is 0 Å². The highest BCUT2D eigenvalue weighted by Gasteiger charge is 2.40. The molecule has 2 amide bonds. The third-order valence-corrected chi connectivity index (χ3v) is 12.4. The second kappa shape index (κ2) is 20.7. The van der Waals surface area contributed by atoms with Crippen LogP contribution in [0.25, 0.3) is 5.65 Å². The van der Waals surface area contributed by atoms with Crippen LogP contribution in [0, 0.1) is 5.92 Å². The standard InChI is InChI=1S/C23H31N5O4.C22H25F2N7O2/c1-3-32-22(30)16-28-15-19(6-7-21(28)29)26-23(31)18-5-4-10-27(14-18)20-11-17(8-9-24-2)12-25-13-20;23-20(24)19-17(11-31(28-19)13-4-2-1-3-5-13)26-22(32)16-9-25-30-7-6-18(27-21(16)30)29-10-15-8-14(29)12-33-15/h6-7,11-13,15,18,24H,3-5,8-10,14,16H2,1-2H3,(H,26,31);6-7,9,11,13-15,20H,1-5,8,10,12H2,(H,26,32). The SMILES string of the molecule is CCOC(=O)Cn1cc(NC(=O)C2CCCN(c3cncc(CCNC)c3)C2)ccc1=O.O=C(Nc1cn(C2CCCCC2)nc1C(F)F)c1cnn2ccc(N3CC4CC3CO4)nc12. The highest BCUT2D eigenvalue weighted by molar-refractivity contribution is 6.08. The van der Waals surface area contributed by atoms with Gasteiger partial charge < -0.3 is 39.8 Å². The van der Waals surface area contributed by atoms with Gasteiger partial charge in [-0.1, -0.05) is 19.3 Å². The molecule has 5 aromatic heterocycles. The highest BCUT2D eigenvalue weighted by atomic mass is 19.3. The van der Waals surface area contributed by atoms with Crippen LogP contribution in [0.5, 0.6) is 0 Å². The number of ether oxygens (including phenoxy) is 2. The lowest BCUT2D eigenvalue weighted by Gasteiger charge is -2.33. The van der Waals surface area contributed by atoms with Crippen molar-refractivity contribution in [3.05, 3.63) is 88.6 Å². The molecule has 2 bridgehead atoms. The first-order valence-corrected chi connectivity index (χ1v) is 22.5. The van der Waals surface area contributed by atoms with E-state index in [9.17, 15) is 28.0 Å². The van der Waals surface area contributed by atoms with Gasteiger partial charge in [-0.3, -0.25) is 28.8 Å². The van der Waals surface area contributed by atoms with E-state index in [1.165, 1.54) is 33.7 Å². The second-order valence-electron chi connectivity index (χ2n) is 16.9. The molecule has 8 heterocycles. The summed E-state index contributed by atoms with van der Waals surface area (Å²) in [6.07, 6.45) is 16.0. The molecule has 20 heteroatoms. The fourth-order valence-corrected chi connectivity index (χ4v) is 9.04. The number of anilines is 4. The zero-order chi connectivity index (χ0) is 45.5. The molecule has 65 heavy (non-hydrogen) atoms. The maximum Gasteiger partial charge on any atom is 0.326 e. The molecule has 1 saturated carbocycles. The van der Waals surface area contributed by atoms with Gasteiger partial charge in [0.1, 0.15) is 17.9 Å². The van der Waals surface area contributed by atoms with Crippen LogP contribution in [0.4, 0.5) is 31.7 Å². The van der Waals surface area contributed by atoms with Gasteiger partial charge in [0.15, 0.2) is 11.3 Å². The summed E-state index contributed by atoms with van der Waals surface area (Å²) in [5, 5.41) is 17.0. The zero-order valence-corrected chi connectivity index (χ0v) is 36.7. The Labute approximate surface area is 374 Å². The molecule has 0 radical (unpaired) electrons. The number of aromatic nitrogens is 7. The quantitative estimate of drug-likeness (QED) is 0.126. The van der Waals surface area contributed by atoms with Crippen molar-refractivity contribution in [3.8, 4) is 0 Å². The molecule has 3 aliphatic heterocycles. The molecule has 0 spiro atoms. The van der Waals surface area contributed by atoms with E-state index in [0.717, 1.165) is 94.5 Å². The van der Waals surface area contributed by atoms with E-state index in [1.807, 2.05) is 25.5 Å². The van der Waals surface area contributed by atoms with E-state index in [2.05, 4.69) is 52.0 Å². The topological polar surface area (TPSA) is 195 Å². The van der Waals surface area contributed by atoms with Crippen LogP contribution in [-0.4, -0.2) is 110 Å². The third-order valence-electron chi connectivity index (χ3n) is 12.4. The lowest BCUT2D eigenvalue weighted by atomic mass is 9.96. The first-order chi connectivity index (χ1) is 31.6. The van der Waals surface area contributed by atoms with Gasteiger partial charge >= 0.3 is 5.97 Å². The van der Waals surface area contributed by atoms with Crippen molar-refractivity contribution in [3.63, 3.8) is 0 Å². The van der Waals surface area contributed by atoms with Crippen molar-refractivity contribution < 1.29 is 32.6 Å². The Morgan fingerprint density at radius 2 is 1.83 bits per heavy atom. The lowest BCUT2D eigenvalue weighted by Crippen LogP contribution is -2.41. The number of nitrogens with zero attached hydrogens (tertiary/aromatic N) is 9. The van der Waals surface area contributed by atoms with Gasteiger partial charge in [0, 0.05) is 50.5 Å². The number of pyridine rings is 2. The smallest absolute Gasteiger partial charge is 0.326 e. The van der Waals surface area contributed by atoms with Crippen LogP contribution in [-0.2, 0) is 32.0 Å². The van der Waals surface area contributed by atoms with Gasteiger partial charge in [-0.2, -0.15) is 10.2 Å². The van der Waals surface area contributed by atoms with Gasteiger partial charge in [0.05, 0.1) is 66.8 Å². The number of piperidine rings is 1. The van der Waals surface area contributed by atoms with Crippen molar-refractivity contribution in [2.45, 2.75) is 95.9 Å². The number of likely N-dealkylation sites (N-methyl/N-ethyl adjacent to an activating group) is 1. The Morgan fingerprint density at radius 3 is 2.58 bits per heavy atom. The Bertz CT molecular complexity index is 2520. The normalized spacial score (nSPS) is 19.6. The fourth-order valence-electron chi connectivity index (χ4n) is 9.04. The predicted octanol–water partition coefficient (Wildman–Crippen LogP) is 5.02. The summed E-state index contributed by atoms with van der Waals surface area (Å²) in [6.45, 7) is 5.57. The molecule has 9 rings (SSSR count). The number of halogens is 2. The van der Waals surface area contributed by atoms with Gasteiger partial charge in [0.2, 0.25) is 5.91 Å². The average molecular weight is 899 g/mol. The predicted molar refractivity (Wildman–Crippen MR) is 239 cm³/mol. The Balaban J connectivity index is 0.000000177. The number of esters is 1. The zero-order valence-electron chi connectivity index (χ0n) is 36.7. The minimum absolute atomic E-state index is 0.0325. The molecule has 4 fully saturated rings. The van der Waals surface area contributed by atoms with Gasteiger partial charge in [-0.15, -0.1) is 0 Å². The summed E-state index contributed by atoms with van der Waals surface area (Å²) in [5.41, 5.74) is 2.57. The number of hydrogen-bond acceptors (Lipinski definition) is 13. The number of hydrogen-bond donors (Lipinski definition) is 3. The number of carbonyl (C=O) groups is 3. The summed E-state index contributed by atoms with van der Waals surface area (Å²) in [6, 6.07) is 7.26. The van der Waals surface area contributed by atoms with E-state index in [4.69, 9.17) is 9.47 Å². The van der Waals surface area contributed by atoms with Crippen LogP contribution < -0.4 is 31.3 Å². The third kappa shape index (κ3) is 10.8. The molecule has 1 aliphatic carbocycles. The van der Waals surface area contributed by atoms with Crippen LogP contribution in [0.15, 0.2) is 66.2 Å². The van der Waals surface area contributed by atoms with E-state index >= 15 is 0 Å². The Morgan fingerprint density at radius 1 is 0.985 bits per heavy atom. The molecule has 18 nitrogen and oxygen atoms in total. The minimum atomic E-state index is -2.79. The number of carbonyl (C=O) groups excluding carboxylic acids is 3. The summed E-state index contributed by atoms with van der Waals surface area (Å²) >= 11 is 0. The van der Waals surface area contributed by atoms with E-state index in [-0.39, 0.29) is 60.0 Å². The van der Waals surface area contributed by atoms with Crippen molar-refractivity contribution in [1.82, 2.24) is 39.2 Å². The van der Waals surface area contributed by atoms with E-state index in [1.54, 1.807) is 23.9 Å². The molecular formula is C45H56F2N12O6. The summed E-state index contributed by atoms with van der Waals surface area (Å²) in [7, 11) is 1.92. The second-order valence-corrected chi connectivity index (χ2v) is 16.9. The van der Waals surface area contributed by atoms with Gasteiger partial charge in [-0.25, -0.2) is 18.3 Å².